The van der Waals surface area contributed by atoms with E-state index in [9.17, 15) is 4.79 Å². The minimum atomic E-state index is -0.400. The fraction of sp³-hybridized carbons (Fsp3) is 0.394. The van der Waals surface area contributed by atoms with Gasteiger partial charge in [0.15, 0.2) is 0 Å². The quantitative estimate of drug-likeness (QED) is 0.232. The Balaban J connectivity index is 1.33. The van der Waals surface area contributed by atoms with Gasteiger partial charge in [-0.1, -0.05) is 31.0 Å². The molecule has 3 aromatic rings. The zero-order chi connectivity index (χ0) is 28.3. The summed E-state index contributed by atoms with van der Waals surface area (Å²) in [6.45, 7) is 7.78. The Morgan fingerprint density at radius 2 is 1.90 bits per heavy atom. The monoisotopic (exact) mass is 543 g/mol. The summed E-state index contributed by atoms with van der Waals surface area (Å²) in [6, 6.07) is 14.7. The minimum absolute atomic E-state index is 0.0374. The van der Waals surface area contributed by atoms with Gasteiger partial charge in [-0.15, -0.1) is 5.92 Å². The molecule has 0 spiro atoms. The molecule has 2 heterocycles. The molecule has 1 aliphatic heterocycles. The number of halogens is 1. The second-order valence-corrected chi connectivity index (χ2v) is 10.8. The Morgan fingerprint density at radius 3 is 2.55 bits per heavy atom. The molecule has 0 radical (unpaired) electrons. The first-order valence-corrected chi connectivity index (χ1v) is 13.6. The van der Waals surface area contributed by atoms with E-state index in [1.165, 1.54) is 13.2 Å². The van der Waals surface area contributed by atoms with E-state index in [0.29, 0.717) is 49.9 Å². The maximum Gasteiger partial charge on any atom is 0.307 e. The van der Waals surface area contributed by atoms with Gasteiger partial charge in [0.1, 0.15) is 17.7 Å². The van der Waals surface area contributed by atoms with Crippen molar-refractivity contribution in [1.29, 1.82) is 0 Å². The molecule has 7 heteroatoms. The van der Waals surface area contributed by atoms with Gasteiger partial charge in [-0.3, -0.25) is 4.79 Å². The van der Waals surface area contributed by atoms with E-state index in [1.807, 2.05) is 49.4 Å². The Bertz CT molecular complexity index is 1450. The van der Waals surface area contributed by atoms with E-state index >= 15 is 4.39 Å². The van der Waals surface area contributed by atoms with Crippen LogP contribution in [0.5, 0.6) is 11.6 Å². The van der Waals surface area contributed by atoms with E-state index in [4.69, 9.17) is 18.9 Å². The normalized spacial score (nSPS) is 17.6. The van der Waals surface area contributed by atoms with Crippen molar-refractivity contribution in [3.63, 3.8) is 0 Å². The van der Waals surface area contributed by atoms with Crippen LogP contribution in [0.1, 0.15) is 61.1 Å². The van der Waals surface area contributed by atoms with Gasteiger partial charge in [-0.25, -0.2) is 9.37 Å². The van der Waals surface area contributed by atoms with Crippen molar-refractivity contribution in [2.24, 2.45) is 5.41 Å². The molecular formula is C33H34FNO5. The fourth-order valence-corrected chi connectivity index (χ4v) is 5.35. The van der Waals surface area contributed by atoms with Crippen LogP contribution in [0.15, 0.2) is 48.5 Å². The average Bonchev–Trinajstić information content (AvgIpc) is 3.36. The number of ether oxygens (including phenoxy) is 4. The number of benzene rings is 2. The number of nitrogens with zero attached hydrogens (tertiary/aromatic N) is 1. The third-order valence-electron chi connectivity index (χ3n) is 7.58. The molecule has 6 nitrogen and oxygen atoms in total. The van der Waals surface area contributed by atoms with Crippen LogP contribution in [0.25, 0.3) is 11.1 Å². The Kier molecular flexibility index (Phi) is 8.09. The molecule has 1 aliphatic carbocycles. The van der Waals surface area contributed by atoms with Gasteiger partial charge < -0.3 is 18.9 Å². The van der Waals surface area contributed by atoms with Crippen LogP contribution in [0.4, 0.5) is 4.39 Å². The number of hydrogen-bond acceptors (Lipinski definition) is 6. The fourth-order valence-electron chi connectivity index (χ4n) is 5.35. The number of hydrogen-bond donors (Lipinski definition) is 0. The van der Waals surface area contributed by atoms with Crippen molar-refractivity contribution in [2.75, 3.05) is 26.9 Å². The summed E-state index contributed by atoms with van der Waals surface area (Å²) in [6.07, 6.45) is 1.15. The van der Waals surface area contributed by atoms with E-state index in [1.54, 1.807) is 6.92 Å². The summed E-state index contributed by atoms with van der Waals surface area (Å²) < 4.78 is 37.5. The van der Waals surface area contributed by atoms with Gasteiger partial charge in [0, 0.05) is 28.3 Å². The highest BCUT2D eigenvalue weighted by molar-refractivity contribution is 5.72. The highest BCUT2D eigenvalue weighted by Gasteiger charge is 2.34. The van der Waals surface area contributed by atoms with Gasteiger partial charge in [0.25, 0.3) is 0 Å². The van der Waals surface area contributed by atoms with Crippen LogP contribution in [0.2, 0.25) is 0 Å². The number of aryl methyl sites for hydroxylation is 1. The molecule has 1 fully saturated rings. The second-order valence-electron chi connectivity index (χ2n) is 10.8. The lowest BCUT2D eigenvalue weighted by Crippen LogP contribution is -2.44. The van der Waals surface area contributed by atoms with Gasteiger partial charge in [-0.2, -0.15) is 0 Å². The summed E-state index contributed by atoms with van der Waals surface area (Å²) in [7, 11) is 1.37. The summed E-state index contributed by atoms with van der Waals surface area (Å²) in [5, 5.41) is 0. The van der Waals surface area contributed by atoms with Crippen LogP contribution in [0.3, 0.4) is 0 Å². The first-order chi connectivity index (χ1) is 19.3. The zero-order valence-corrected chi connectivity index (χ0v) is 23.4. The lowest BCUT2D eigenvalue weighted by Gasteiger charge is -2.37. The highest BCUT2D eigenvalue weighted by atomic mass is 19.1. The summed E-state index contributed by atoms with van der Waals surface area (Å²) in [5.74, 6) is 6.32. The number of esters is 1. The molecule has 2 aromatic carbocycles. The third-order valence-corrected chi connectivity index (χ3v) is 7.58. The van der Waals surface area contributed by atoms with Crippen LogP contribution in [0, 0.1) is 30.0 Å². The lowest BCUT2D eigenvalue weighted by atomic mass is 9.90. The Hall–Kier alpha value is -3.89. The molecule has 0 saturated carbocycles. The molecule has 1 unspecified atom stereocenters. The van der Waals surface area contributed by atoms with Crippen molar-refractivity contribution >= 4 is 5.97 Å². The molecule has 208 valence electrons. The van der Waals surface area contributed by atoms with Gasteiger partial charge in [0.2, 0.25) is 5.88 Å². The molecule has 1 aromatic heterocycles. The van der Waals surface area contributed by atoms with Gasteiger partial charge in [0.05, 0.1) is 39.3 Å². The number of rotatable bonds is 9. The number of carbonyl (C=O) groups is 1. The predicted molar refractivity (Wildman–Crippen MR) is 150 cm³/mol. The molecule has 0 N–H and O–H groups in total. The van der Waals surface area contributed by atoms with E-state index in [2.05, 4.69) is 23.7 Å². The molecule has 5 rings (SSSR count). The molecule has 0 bridgehead atoms. The molecule has 40 heavy (non-hydrogen) atoms. The number of aromatic nitrogens is 1. The standard InChI is InChI=1S/C33H34FNO5/c1-5-6-23(17-31(36)37-4)22-7-9-24(10-8-22)40-29-15-12-27-26(11-14-28(34)32(27)29)25-13-16-30(35-21(25)2)39-20-33(3)18-38-19-33/h7-11,13-14,16,23,29H,12,15,17-20H2,1-4H3/t23?,29-/m1/s1. The third kappa shape index (κ3) is 5.83. The number of methoxy groups -OCH3 is 1. The van der Waals surface area contributed by atoms with Crippen molar-refractivity contribution in [3.05, 3.63) is 76.7 Å². The minimum Gasteiger partial charge on any atom is -0.486 e. The molecular weight excluding hydrogens is 509 g/mol. The van der Waals surface area contributed by atoms with Crippen molar-refractivity contribution in [2.45, 2.75) is 52.1 Å². The average molecular weight is 544 g/mol. The van der Waals surface area contributed by atoms with E-state index < -0.39 is 6.10 Å². The molecule has 0 amide bonds. The number of pyridine rings is 1. The lowest BCUT2D eigenvalue weighted by molar-refractivity contribution is -0.140. The highest BCUT2D eigenvalue weighted by Crippen LogP contribution is 2.42. The van der Waals surface area contributed by atoms with Crippen LogP contribution < -0.4 is 9.47 Å². The largest absolute Gasteiger partial charge is 0.486 e. The van der Waals surface area contributed by atoms with Gasteiger partial charge in [-0.05, 0) is 67.6 Å². The first kappa shape index (κ1) is 27.7. The number of carbonyl (C=O) groups excluding carboxylic acids is 1. The van der Waals surface area contributed by atoms with Crippen molar-refractivity contribution in [1.82, 2.24) is 4.98 Å². The maximum absolute atomic E-state index is 15.2. The second kappa shape index (κ2) is 11.7. The van der Waals surface area contributed by atoms with Gasteiger partial charge >= 0.3 is 5.97 Å². The van der Waals surface area contributed by atoms with E-state index in [-0.39, 0.29) is 29.5 Å². The number of fused-ring (bicyclic) bond motifs is 1. The van der Waals surface area contributed by atoms with Crippen molar-refractivity contribution in [3.8, 4) is 34.6 Å². The zero-order valence-electron chi connectivity index (χ0n) is 23.4. The van der Waals surface area contributed by atoms with Crippen LogP contribution >= 0.6 is 0 Å². The summed E-state index contributed by atoms with van der Waals surface area (Å²) >= 11 is 0. The van der Waals surface area contributed by atoms with E-state index in [0.717, 1.165) is 27.9 Å². The Labute approximate surface area is 234 Å². The SMILES string of the molecule is CC#CC(CC(=O)OC)c1ccc(O[C@@H]2CCc3c(-c4ccc(OCC5(C)COC5)nc4C)ccc(F)c32)cc1. The topological polar surface area (TPSA) is 66.9 Å². The maximum atomic E-state index is 15.2. The van der Waals surface area contributed by atoms with Crippen molar-refractivity contribution < 1.29 is 28.1 Å². The van der Waals surface area contributed by atoms with Crippen LogP contribution in [-0.2, 0) is 20.7 Å². The molecule has 2 aliphatic rings. The summed E-state index contributed by atoms with van der Waals surface area (Å²) in [4.78, 5) is 16.5. The molecule has 1 saturated heterocycles. The first-order valence-electron chi connectivity index (χ1n) is 13.6. The Morgan fingerprint density at radius 1 is 1.15 bits per heavy atom. The molecule has 2 atom stereocenters. The summed E-state index contributed by atoms with van der Waals surface area (Å²) in [5.41, 5.74) is 5.25. The van der Waals surface area contributed by atoms with Crippen LogP contribution in [-0.4, -0.2) is 37.9 Å². The smallest absolute Gasteiger partial charge is 0.307 e. The predicted octanol–water partition coefficient (Wildman–Crippen LogP) is 6.35.